The predicted molar refractivity (Wildman–Crippen MR) is 83.4 cm³/mol. The van der Waals surface area contributed by atoms with Crippen molar-refractivity contribution in [3.63, 3.8) is 0 Å². The van der Waals surface area contributed by atoms with Crippen LogP contribution in [0.4, 0.5) is 0 Å². The van der Waals surface area contributed by atoms with E-state index < -0.39 is 17.2 Å². The van der Waals surface area contributed by atoms with Crippen molar-refractivity contribution in [2.45, 2.75) is 43.8 Å². The molecule has 0 saturated heterocycles. The molecule has 4 nitrogen and oxygen atoms in total. The van der Waals surface area contributed by atoms with Crippen LogP contribution in [-0.4, -0.2) is 30.4 Å². The molecular weight excluding hydrogens is 288 g/mol. The number of hydrogen-bond acceptors (Lipinski definition) is 5. The summed E-state index contributed by atoms with van der Waals surface area (Å²) in [5, 5.41) is -0.982. The lowest BCUT2D eigenvalue weighted by atomic mass is 10.0. The minimum Gasteiger partial charge on any atom is -0.465 e. The number of thioether (sulfide) groups is 1. The van der Waals surface area contributed by atoms with E-state index >= 15 is 0 Å². The molecular formula is C16H22O4S. The van der Waals surface area contributed by atoms with E-state index in [0.717, 1.165) is 10.5 Å². The van der Waals surface area contributed by atoms with Gasteiger partial charge in [-0.1, -0.05) is 43.8 Å². The molecule has 0 aliphatic rings. The van der Waals surface area contributed by atoms with Crippen LogP contribution in [-0.2, 0) is 19.1 Å². The Hall–Kier alpha value is -1.49. The van der Waals surface area contributed by atoms with Crippen molar-refractivity contribution in [2.75, 3.05) is 13.2 Å². The quantitative estimate of drug-likeness (QED) is 0.439. The molecule has 0 unspecified atom stereocenters. The monoisotopic (exact) mass is 310 g/mol. The lowest BCUT2D eigenvalue weighted by Crippen LogP contribution is -2.31. The molecule has 0 atom stereocenters. The Labute approximate surface area is 130 Å². The third-order valence-electron chi connectivity index (χ3n) is 2.79. The third kappa shape index (κ3) is 5.08. The summed E-state index contributed by atoms with van der Waals surface area (Å²) < 4.78 is 9.97. The Morgan fingerprint density at radius 2 is 1.57 bits per heavy atom. The fourth-order valence-corrected chi connectivity index (χ4v) is 3.00. The second-order valence-corrected chi connectivity index (χ2v) is 5.84. The zero-order valence-electron chi connectivity index (χ0n) is 12.9. The number of ether oxygens (including phenoxy) is 2. The van der Waals surface area contributed by atoms with Gasteiger partial charge in [0.2, 0.25) is 5.25 Å². The van der Waals surface area contributed by atoms with Crippen LogP contribution in [0.1, 0.15) is 39.2 Å². The average molecular weight is 310 g/mol. The first-order valence-electron chi connectivity index (χ1n) is 7.10. The van der Waals surface area contributed by atoms with E-state index in [1.54, 1.807) is 13.8 Å². The van der Waals surface area contributed by atoms with Gasteiger partial charge in [-0.05, 0) is 31.4 Å². The largest absolute Gasteiger partial charge is 0.465 e. The molecule has 1 aromatic carbocycles. The van der Waals surface area contributed by atoms with Crippen LogP contribution < -0.4 is 0 Å². The zero-order valence-corrected chi connectivity index (χ0v) is 13.7. The Morgan fingerprint density at radius 3 is 2.05 bits per heavy atom. The van der Waals surface area contributed by atoms with E-state index in [1.165, 1.54) is 11.8 Å². The fourth-order valence-electron chi connectivity index (χ4n) is 1.82. The highest BCUT2D eigenvalue weighted by Gasteiger charge is 2.31. The molecule has 0 N–H and O–H groups in total. The van der Waals surface area contributed by atoms with Gasteiger partial charge in [0.05, 0.1) is 13.2 Å². The summed E-state index contributed by atoms with van der Waals surface area (Å²) in [4.78, 5) is 24.9. The number of esters is 2. The van der Waals surface area contributed by atoms with Crippen LogP contribution in [0.3, 0.4) is 0 Å². The number of carbonyl (C=O) groups excluding carboxylic acids is 2. The lowest BCUT2D eigenvalue weighted by molar-refractivity contribution is -0.152. The SMILES string of the molecule is CCOC(=O)C(Sc1ccccc1C(C)C)C(=O)OCC. The van der Waals surface area contributed by atoms with E-state index in [4.69, 9.17) is 9.47 Å². The number of carbonyl (C=O) groups is 2. The molecule has 116 valence electrons. The second-order valence-electron chi connectivity index (χ2n) is 4.69. The second kappa shape index (κ2) is 8.72. The Morgan fingerprint density at radius 1 is 1.05 bits per heavy atom. The zero-order chi connectivity index (χ0) is 15.8. The van der Waals surface area contributed by atoms with Gasteiger partial charge in [0.15, 0.2) is 0 Å². The van der Waals surface area contributed by atoms with Gasteiger partial charge in [0.25, 0.3) is 0 Å². The molecule has 0 fully saturated rings. The van der Waals surface area contributed by atoms with Crippen LogP contribution in [0.5, 0.6) is 0 Å². The van der Waals surface area contributed by atoms with Crippen molar-refractivity contribution in [3.8, 4) is 0 Å². The van der Waals surface area contributed by atoms with Gasteiger partial charge in [-0.3, -0.25) is 9.59 Å². The van der Waals surface area contributed by atoms with E-state index in [0.29, 0.717) is 5.92 Å². The van der Waals surface area contributed by atoms with Gasteiger partial charge in [-0.15, -0.1) is 0 Å². The van der Waals surface area contributed by atoms with Crippen molar-refractivity contribution < 1.29 is 19.1 Å². The number of benzene rings is 1. The smallest absolute Gasteiger partial charge is 0.331 e. The number of rotatable bonds is 7. The Balaban J connectivity index is 3.00. The van der Waals surface area contributed by atoms with Gasteiger partial charge in [0, 0.05) is 4.90 Å². The predicted octanol–water partition coefficient (Wildman–Crippen LogP) is 3.40. The fraction of sp³-hybridized carbons (Fsp3) is 0.500. The minimum atomic E-state index is -0.982. The van der Waals surface area contributed by atoms with E-state index in [9.17, 15) is 9.59 Å². The van der Waals surface area contributed by atoms with E-state index in [-0.39, 0.29) is 13.2 Å². The molecule has 1 rings (SSSR count). The molecule has 1 aromatic rings. The third-order valence-corrected chi connectivity index (χ3v) is 4.03. The van der Waals surface area contributed by atoms with Gasteiger partial charge >= 0.3 is 11.9 Å². The van der Waals surface area contributed by atoms with Crippen LogP contribution in [0.15, 0.2) is 29.2 Å². The summed E-state index contributed by atoms with van der Waals surface area (Å²) in [6.07, 6.45) is 0. The lowest BCUT2D eigenvalue weighted by Gasteiger charge is -2.17. The van der Waals surface area contributed by atoms with Crippen LogP contribution in [0, 0.1) is 0 Å². The number of hydrogen-bond donors (Lipinski definition) is 0. The van der Waals surface area contributed by atoms with E-state index in [1.807, 2.05) is 24.3 Å². The maximum absolute atomic E-state index is 12.0. The molecule has 0 radical (unpaired) electrons. The highest BCUT2D eigenvalue weighted by Crippen LogP contribution is 2.32. The Kier molecular flexibility index (Phi) is 7.29. The molecule has 0 aliphatic heterocycles. The Bertz CT molecular complexity index is 467. The summed E-state index contributed by atoms with van der Waals surface area (Å²) >= 11 is 1.19. The molecule has 0 bridgehead atoms. The van der Waals surface area contributed by atoms with Gasteiger partial charge in [-0.25, -0.2) is 0 Å². The van der Waals surface area contributed by atoms with Crippen molar-refractivity contribution >= 4 is 23.7 Å². The van der Waals surface area contributed by atoms with Crippen LogP contribution in [0.25, 0.3) is 0 Å². The van der Waals surface area contributed by atoms with Gasteiger partial charge < -0.3 is 9.47 Å². The topological polar surface area (TPSA) is 52.6 Å². The standard InChI is InChI=1S/C16H22O4S/c1-5-19-15(17)14(16(18)20-6-2)21-13-10-8-7-9-12(13)11(3)4/h7-11,14H,5-6H2,1-4H3. The molecule has 0 heterocycles. The highest BCUT2D eigenvalue weighted by atomic mass is 32.2. The van der Waals surface area contributed by atoms with Gasteiger partial charge in [0.1, 0.15) is 0 Å². The molecule has 21 heavy (non-hydrogen) atoms. The molecule has 0 aliphatic carbocycles. The highest BCUT2D eigenvalue weighted by molar-refractivity contribution is 8.01. The van der Waals surface area contributed by atoms with Crippen molar-refractivity contribution in [1.82, 2.24) is 0 Å². The van der Waals surface area contributed by atoms with Crippen LogP contribution in [0.2, 0.25) is 0 Å². The van der Waals surface area contributed by atoms with Gasteiger partial charge in [-0.2, -0.15) is 0 Å². The first kappa shape index (κ1) is 17.6. The normalized spacial score (nSPS) is 10.8. The van der Waals surface area contributed by atoms with E-state index in [2.05, 4.69) is 13.8 Å². The van der Waals surface area contributed by atoms with Crippen molar-refractivity contribution in [1.29, 1.82) is 0 Å². The molecule has 0 spiro atoms. The summed E-state index contributed by atoms with van der Waals surface area (Å²) in [6.45, 7) is 8.05. The summed E-state index contributed by atoms with van der Waals surface area (Å²) in [7, 11) is 0. The minimum absolute atomic E-state index is 0.237. The van der Waals surface area contributed by atoms with Crippen molar-refractivity contribution in [2.24, 2.45) is 0 Å². The maximum Gasteiger partial charge on any atom is 0.331 e. The van der Waals surface area contributed by atoms with Crippen molar-refractivity contribution in [3.05, 3.63) is 29.8 Å². The average Bonchev–Trinajstić information content (AvgIpc) is 2.45. The molecule has 0 saturated carbocycles. The maximum atomic E-state index is 12.0. The first-order valence-corrected chi connectivity index (χ1v) is 7.98. The summed E-state index contributed by atoms with van der Waals surface area (Å²) in [6, 6.07) is 7.75. The molecule has 5 heteroatoms. The van der Waals surface area contributed by atoms with Crippen LogP contribution >= 0.6 is 11.8 Å². The first-order chi connectivity index (χ1) is 10.0. The summed E-state index contributed by atoms with van der Waals surface area (Å²) in [5.74, 6) is -0.808. The summed E-state index contributed by atoms with van der Waals surface area (Å²) in [5.41, 5.74) is 1.10. The molecule has 0 amide bonds. The molecule has 0 aromatic heterocycles.